The fraction of sp³-hybridized carbons (Fsp3) is 0.312. The number of carbonyl (C=O) groups excluding carboxylic acids is 1. The number of carbonyl (C=O) groups is 1. The lowest BCUT2D eigenvalue weighted by molar-refractivity contribution is -0.386. The normalized spacial score (nSPS) is 11.2. The van der Waals surface area contributed by atoms with Gasteiger partial charge in [-0.05, 0) is 19.9 Å². The van der Waals surface area contributed by atoms with Crippen LogP contribution in [0.4, 0.5) is 10.1 Å². The van der Waals surface area contributed by atoms with E-state index in [4.69, 9.17) is 22.8 Å². The molecule has 0 aliphatic rings. The lowest BCUT2D eigenvalue weighted by atomic mass is 10.0. The van der Waals surface area contributed by atoms with Crippen molar-refractivity contribution in [1.82, 2.24) is 10.6 Å². The quantitative estimate of drug-likeness (QED) is 0.241. The SMILES string of the molecule is C#CCOc1cc(/C(C(=O)NCC)=C(\Cl)NCC)c(F)cc1[N+](=O)[O-]. The monoisotopic (exact) mass is 369 g/mol. The van der Waals surface area contributed by atoms with E-state index in [1.54, 1.807) is 13.8 Å². The zero-order valence-electron chi connectivity index (χ0n) is 13.7. The maximum atomic E-state index is 14.5. The van der Waals surface area contributed by atoms with Crippen LogP contribution in [0.3, 0.4) is 0 Å². The first-order valence-corrected chi connectivity index (χ1v) is 7.71. The fourth-order valence-corrected chi connectivity index (χ4v) is 2.27. The predicted molar refractivity (Wildman–Crippen MR) is 92.5 cm³/mol. The molecular weight excluding hydrogens is 353 g/mol. The molecule has 7 nitrogen and oxygen atoms in total. The van der Waals surface area contributed by atoms with Crippen LogP contribution in [0, 0.1) is 28.3 Å². The minimum atomic E-state index is -0.989. The number of ether oxygens (including phenoxy) is 1. The molecule has 9 heteroatoms. The van der Waals surface area contributed by atoms with Gasteiger partial charge in [0.05, 0.1) is 16.6 Å². The van der Waals surface area contributed by atoms with Gasteiger partial charge in [0.15, 0.2) is 5.75 Å². The summed E-state index contributed by atoms with van der Waals surface area (Å²) in [6.45, 7) is 3.84. The summed E-state index contributed by atoms with van der Waals surface area (Å²) >= 11 is 6.08. The van der Waals surface area contributed by atoms with E-state index in [-0.39, 0.29) is 35.2 Å². The molecule has 0 saturated heterocycles. The number of nitrogens with one attached hydrogen (secondary N) is 2. The molecule has 1 rings (SSSR count). The van der Waals surface area contributed by atoms with Crippen molar-refractivity contribution in [1.29, 1.82) is 0 Å². The van der Waals surface area contributed by atoms with Gasteiger partial charge in [-0.3, -0.25) is 14.9 Å². The van der Waals surface area contributed by atoms with E-state index in [1.165, 1.54) is 0 Å². The highest BCUT2D eigenvalue weighted by Gasteiger charge is 2.26. The molecular formula is C16H17ClFN3O4. The summed E-state index contributed by atoms with van der Waals surface area (Å²) in [6.07, 6.45) is 5.08. The lowest BCUT2D eigenvalue weighted by Crippen LogP contribution is -2.27. The van der Waals surface area contributed by atoms with Gasteiger partial charge in [0.2, 0.25) is 0 Å². The van der Waals surface area contributed by atoms with Crippen molar-refractivity contribution < 1.29 is 18.8 Å². The van der Waals surface area contributed by atoms with Gasteiger partial charge in [0.1, 0.15) is 17.6 Å². The zero-order valence-corrected chi connectivity index (χ0v) is 14.4. The van der Waals surface area contributed by atoms with Crippen LogP contribution < -0.4 is 15.4 Å². The average Bonchev–Trinajstić information content (AvgIpc) is 2.55. The number of hydrogen-bond donors (Lipinski definition) is 2. The van der Waals surface area contributed by atoms with Crippen LogP contribution >= 0.6 is 11.6 Å². The highest BCUT2D eigenvalue weighted by Crippen LogP contribution is 2.34. The predicted octanol–water partition coefficient (Wildman–Crippen LogP) is 2.40. The van der Waals surface area contributed by atoms with E-state index in [0.717, 1.165) is 6.07 Å². The van der Waals surface area contributed by atoms with Crippen molar-refractivity contribution in [3.63, 3.8) is 0 Å². The van der Waals surface area contributed by atoms with E-state index in [2.05, 4.69) is 16.6 Å². The molecule has 0 aromatic heterocycles. The molecule has 0 radical (unpaired) electrons. The molecule has 0 heterocycles. The van der Waals surface area contributed by atoms with Gasteiger partial charge in [-0.2, -0.15) is 0 Å². The Morgan fingerprint density at radius 2 is 2.04 bits per heavy atom. The first kappa shape index (κ1) is 20.3. The summed E-state index contributed by atoms with van der Waals surface area (Å²) in [5.74, 6) is 0.278. The summed E-state index contributed by atoms with van der Waals surface area (Å²) in [6, 6.07) is 1.70. The average molecular weight is 370 g/mol. The second-order valence-electron chi connectivity index (χ2n) is 4.63. The summed E-state index contributed by atoms with van der Waals surface area (Å²) < 4.78 is 19.6. The second kappa shape index (κ2) is 9.49. The standard InChI is InChI=1S/C16H17ClFN3O4/c1-4-7-25-13-8-10(11(18)9-12(13)21(23)24)14(15(17)19-5-2)16(22)20-6-3/h1,8-9,19H,5-7H2,2-3H3,(H,20,22)/b15-14-. The molecule has 0 fully saturated rings. The molecule has 0 spiro atoms. The third-order valence-corrected chi connectivity index (χ3v) is 3.26. The number of nitrogens with zero attached hydrogens (tertiary/aromatic N) is 1. The topological polar surface area (TPSA) is 93.5 Å². The summed E-state index contributed by atoms with van der Waals surface area (Å²) in [5, 5.41) is 16.2. The van der Waals surface area contributed by atoms with Crippen LogP contribution in [0.25, 0.3) is 5.57 Å². The van der Waals surface area contributed by atoms with Crippen molar-refractivity contribution in [2.24, 2.45) is 0 Å². The van der Waals surface area contributed by atoms with E-state index in [1.807, 2.05) is 0 Å². The molecule has 0 aliphatic heterocycles. The third kappa shape index (κ3) is 5.09. The molecule has 2 N–H and O–H groups in total. The molecule has 1 aromatic carbocycles. The highest BCUT2D eigenvalue weighted by molar-refractivity contribution is 6.39. The molecule has 1 amide bonds. The van der Waals surface area contributed by atoms with Gasteiger partial charge >= 0.3 is 5.69 Å². The van der Waals surface area contributed by atoms with E-state index in [0.29, 0.717) is 12.6 Å². The van der Waals surface area contributed by atoms with Crippen LogP contribution in [0.2, 0.25) is 0 Å². The van der Waals surface area contributed by atoms with Gasteiger partial charge in [-0.25, -0.2) is 4.39 Å². The zero-order chi connectivity index (χ0) is 19.0. The molecule has 1 aromatic rings. The first-order valence-electron chi connectivity index (χ1n) is 7.33. The van der Waals surface area contributed by atoms with Gasteiger partial charge in [0.25, 0.3) is 5.91 Å². The summed E-state index contributed by atoms with van der Waals surface area (Å²) in [5.41, 5.74) is -1.04. The second-order valence-corrected chi connectivity index (χ2v) is 5.01. The molecule has 134 valence electrons. The van der Waals surface area contributed by atoms with Gasteiger partial charge < -0.3 is 15.4 Å². The van der Waals surface area contributed by atoms with Crippen molar-refractivity contribution in [2.45, 2.75) is 13.8 Å². The van der Waals surface area contributed by atoms with Crippen LogP contribution in [-0.4, -0.2) is 30.5 Å². The highest BCUT2D eigenvalue weighted by atomic mass is 35.5. The number of hydrogen-bond acceptors (Lipinski definition) is 5. The molecule has 0 unspecified atom stereocenters. The maximum absolute atomic E-state index is 14.5. The number of halogens is 2. The smallest absolute Gasteiger partial charge is 0.313 e. The number of benzene rings is 1. The van der Waals surface area contributed by atoms with Crippen molar-refractivity contribution in [3.8, 4) is 18.1 Å². The van der Waals surface area contributed by atoms with Gasteiger partial charge in [0, 0.05) is 18.7 Å². The number of rotatable bonds is 8. The van der Waals surface area contributed by atoms with Gasteiger partial charge in [-0.1, -0.05) is 17.5 Å². The number of amides is 1. The largest absolute Gasteiger partial charge is 0.474 e. The number of nitro groups is 1. The van der Waals surface area contributed by atoms with E-state index in [9.17, 15) is 19.3 Å². The molecule has 0 aliphatic carbocycles. The minimum Gasteiger partial charge on any atom is -0.474 e. The Labute approximate surface area is 149 Å². The first-order chi connectivity index (χ1) is 11.9. The maximum Gasteiger partial charge on any atom is 0.313 e. The van der Waals surface area contributed by atoms with Crippen molar-refractivity contribution >= 4 is 28.8 Å². The Hall–Kier alpha value is -2.79. The van der Waals surface area contributed by atoms with Crippen LogP contribution in [0.15, 0.2) is 17.3 Å². The Kier molecular flexibility index (Phi) is 7.69. The number of nitro benzene ring substituents is 1. The Morgan fingerprint density at radius 3 is 2.56 bits per heavy atom. The Balaban J connectivity index is 3.59. The van der Waals surface area contributed by atoms with Crippen molar-refractivity contribution in [2.75, 3.05) is 19.7 Å². The molecule has 0 atom stereocenters. The molecule has 0 bridgehead atoms. The van der Waals surface area contributed by atoms with E-state index < -0.39 is 22.3 Å². The van der Waals surface area contributed by atoms with Crippen LogP contribution in [-0.2, 0) is 4.79 Å². The summed E-state index contributed by atoms with van der Waals surface area (Å²) in [7, 11) is 0. The number of terminal acetylenes is 1. The third-order valence-electron chi connectivity index (χ3n) is 2.94. The number of likely N-dealkylation sites (N-methyl/N-ethyl adjacent to an activating group) is 1. The van der Waals surface area contributed by atoms with Crippen LogP contribution in [0.1, 0.15) is 19.4 Å². The Bertz CT molecular complexity index is 744. The lowest BCUT2D eigenvalue weighted by Gasteiger charge is -2.14. The van der Waals surface area contributed by atoms with Crippen LogP contribution in [0.5, 0.6) is 5.75 Å². The van der Waals surface area contributed by atoms with Gasteiger partial charge in [-0.15, -0.1) is 6.42 Å². The van der Waals surface area contributed by atoms with E-state index >= 15 is 0 Å². The summed E-state index contributed by atoms with van der Waals surface area (Å²) in [4.78, 5) is 22.6. The fourth-order valence-electron chi connectivity index (χ4n) is 1.94. The van der Waals surface area contributed by atoms with Crippen molar-refractivity contribution in [3.05, 3.63) is 38.8 Å². The molecule has 0 saturated carbocycles. The Morgan fingerprint density at radius 1 is 1.40 bits per heavy atom. The molecule has 25 heavy (non-hydrogen) atoms. The minimum absolute atomic E-state index is 0.0934.